The van der Waals surface area contributed by atoms with Crippen LogP contribution in [0, 0.1) is 35.5 Å². The third kappa shape index (κ3) is 21.2. The van der Waals surface area contributed by atoms with Crippen molar-refractivity contribution >= 4 is 47.6 Å². The first-order chi connectivity index (χ1) is 32.4. The molecule has 0 aromatic heterocycles. The molecule has 0 aromatic rings. The lowest BCUT2D eigenvalue weighted by atomic mass is 9.81. The normalized spacial score (nSPS) is 29.9. The number of amides is 3. The highest BCUT2D eigenvalue weighted by Crippen LogP contribution is 2.34. The molecular formula is C41H66N12O16. The summed E-state index contributed by atoms with van der Waals surface area (Å²) in [6.45, 7) is 18.9. The van der Waals surface area contributed by atoms with Crippen LogP contribution in [0.1, 0.15) is 89.5 Å². The number of azide groups is 3. The van der Waals surface area contributed by atoms with E-state index in [1.807, 2.05) is 48.5 Å². The molecule has 0 spiro atoms. The summed E-state index contributed by atoms with van der Waals surface area (Å²) in [5, 5.41) is 17.7. The number of nitrogens with zero attached hydrogens (tertiary/aromatic N) is 9. The summed E-state index contributed by atoms with van der Waals surface area (Å²) in [6, 6.07) is -1.69. The van der Waals surface area contributed by atoms with Crippen molar-refractivity contribution < 1.29 is 76.3 Å². The first-order valence-corrected chi connectivity index (χ1v) is 22.1. The van der Waals surface area contributed by atoms with Crippen molar-refractivity contribution in [3.8, 4) is 0 Å². The molecular weight excluding hydrogens is 917 g/mol. The SMILES string of the molecule is CC(=O)OCC1OC(OC(C)=O)C(NC(=O)CN=[N+]=[N-])[C@@H](C)[C@@H]1C.CC(=O)OCC1OC(OC(C)=O)C(NC(=O)CN=[N+]=[N-])[C@@H](C)[C@H]1C.CCC1OC(OC(C)=O)C(NC(=O)CN=[N+]=[N-])[C@@H](C)[C@@H]1C. The molecule has 3 N–H and O–H groups in total. The van der Waals surface area contributed by atoms with E-state index in [0.717, 1.165) is 6.42 Å². The van der Waals surface area contributed by atoms with E-state index in [1.54, 1.807) is 0 Å². The summed E-state index contributed by atoms with van der Waals surface area (Å²) < 4.78 is 42.6. The second kappa shape index (κ2) is 30.8. The molecule has 3 fully saturated rings. The van der Waals surface area contributed by atoms with E-state index >= 15 is 0 Å². The molecule has 0 bridgehead atoms. The maximum absolute atomic E-state index is 11.8. The van der Waals surface area contributed by atoms with Gasteiger partial charge in [-0.3, -0.25) is 38.4 Å². The quantitative estimate of drug-likeness (QED) is 0.0616. The monoisotopic (exact) mass is 982 g/mol. The van der Waals surface area contributed by atoms with E-state index in [1.165, 1.54) is 34.6 Å². The number of carbonyl (C=O) groups excluding carboxylic acids is 8. The largest absolute Gasteiger partial charge is 0.463 e. The van der Waals surface area contributed by atoms with Gasteiger partial charge in [-0.1, -0.05) is 63.8 Å². The van der Waals surface area contributed by atoms with Gasteiger partial charge in [-0.05, 0) is 58.5 Å². The second-order valence-electron chi connectivity index (χ2n) is 16.6. The predicted molar refractivity (Wildman–Crippen MR) is 238 cm³/mol. The Hall–Kier alpha value is -6.43. The van der Waals surface area contributed by atoms with Gasteiger partial charge in [0.2, 0.25) is 36.6 Å². The predicted octanol–water partition coefficient (Wildman–Crippen LogP) is 3.56. The van der Waals surface area contributed by atoms with Gasteiger partial charge in [0.05, 0.1) is 36.4 Å². The number of rotatable bonds is 17. The Morgan fingerprint density at radius 1 is 0.449 bits per heavy atom. The minimum atomic E-state index is -1.02. The van der Waals surface area contributed by atoms with Gasteiger partial charge >= 0.3 is 29.8 Å². The smallest absolute Gasteiger partial charge is 0.305 e. The Morgan fingerprint density at radius 2 is 0.710 bits per heavy atom. The zero-order valence-electron chi connectivity index (χ0n) is 41.0. The molecule has 0 aromatic carbocycles. The van der Waals surface area contributed by atoms with Crippen LogP contribution in [-0.4, -0.2) is 136 Å². The van der Waals surface area contributed by atoms with Crippen molar-refractivity contribution in [3.05, 3.63) is 31.3 Å². The van der Waals surface area contributed by atoms with Crippen LogP contribution in [0.4, 0.5) is 0 Å². The zero-order valence-corrected chi connectivity index (χ0v) is 41.0. The number of carbonyl (C=O) groups is 8. The lowest BCUT2D eigenvalue weighted by Gasteiger charge is -2.44. The number of hydrogen-bond donors (Lipinski definition) is 3. The standard InChI is InChI=1S/2C14H22N4O6.C13H22N4O4/c2*1-7-8(2)13(17-12(21)5-16-18-15)14(23-10(4)20)24-11(7)6-22-9(3)19;1-5-10-7(2)8(3)12(13(21-10)20-9(4)18)16-11(19)6-15-17-14/h2*7-8,11,13-14H,5-6H2,1-4H3,(H,17,21);7-8,10,12-13H,5-6H2,1-4H3,(H,16,19)/t7-,8+,11?,13?,14?;7-,8-,11?,13?,14?;7-,8-,10?,12?,13?/m100/s1. The number of ether oxygens (including phenoxy) is 8. The molecule has 3 amide bonds. The van der Waals surface area contributed by atoms with E-state index in [9.17, 15) is 38.4 Å². The van der Waals surface area contributed by atoms with Crippen LogP contribution < -0.4 is 16.0 Å². The Labute approximate surface area is 399 Å². The summed E-state index contributed by atoms with van der Waals surface area (Å²) in [5.41, 5.74) is 24.8. The summed E-state index contributed by atoms with van der Waals surface area (Å²) in [4.78, 5) is 98.7. The van der Waals surface area contributed by atoms with Crippen LogP contribution in [0.3, 0.4) is 0 Å². The van der Waals surface area contributed by atoms with Crippen molar-refractivity contribution in [1.82, 2.24) is 16.0 Å². The Kier molecular flexibility index (Phi) is 27.1. The van der Waals surface area contributed by atoms with Crippen molar-refractivity contribution in [1.29, 1.82) is 0 Å². The molecule has 28 heteroatoms. The third-order valence-corrected chi connectivity index (χ3v) is 11.7. The lowest BCUT2D eigenvalue weighted by Crippen LogP contribution is -2.59. The topological polar surface area (TPSA) is 393 Å². The van der Waals surface area contributed by atoms with E-state index in [2.05, 4.69) is 46.0 Å². The highest BCUT2D eigenvalue weighted by Gasteiger charge is 2.46. The van der Waals surface area contributed by atoms with E-state index < -0.39 is 96.8 Å². The molecule has 386 valence electrons. The first kappa shape index (κ1) is 60.6. The van der Waals surface area contributed by atoms with Crippen LogP contribution >= 0.6 is 0 Å². The summed E-state index contributed by atoms with van der Waals surface area (Å²) in [5.74, 6) is -4.09. The molecule has 3 rings (SSSR count). The van der Waals surface area contributed by atoms with Gasteiger partial charge in [0, 0.05) is 49.4 Å². The maximum Gasteiger partial charge on any atom is 0.305 e. The molecule has 69 heavy (non-hydrogen) atoms. The molecule has 0 aliphatic carbocycles. The van der Waals surface area contributed by atoms with Gasteiger partial charge in [0.15, 0.2) is 0 Å². The van der Waals surface area contributed by atoms with Crippen molar-refractivity contribution in [2.75, 3.05) is 32.8 Å². The van der Waals surface area contributed by atoms with Gasteiger partial charge in [0.25, 0.3) is 0 Å². The second-order valence-corrected chi connectivity index (χ2v) is 16.6. The maximum atomic E-state index is 11.8. The van der Waals surface area contributed by atoms with Crippen molar-refractivity contribution in [2.24, 2.45) is 50.9 Å². The highest BCUT2D eigenvalue weighted by atomic mass is 16.7. The Morgan fingerprint density at radius 3 is 0.942 bits per heavy atom. The molecule has 3 aliphatic rings. The van der Waals surface area contributed by atoms with Gasteiger partial charge < -0.3 is 53.8 Å². The van der Waals surface area contributed by atoms with Crippen LogP contribution in [0.2, 0.25) is 0 Å². The van der Waals surface area contributed by atoms with Crippen molar-refractivity contribution in [2.45, 2.75) is 145 Å². The summed E-state index contributed by atoms with van der Waals surface area (Å²) in [6.07, 6.45) is -3.06. The molecule has 0 radical (unpaired) electrons. The van der Waals surface area contributed by atoms with E-state index in [4.69, 9.17) is 54.5 Å². The molecule has 15 atom stereocenters. The number of hydrogen-bond acceptors (Lipinski definition) is 19. The molecule has 3 saturated heterocycles. The van der Waals surface area contributed by atoms with Crippen LogP contribution in [0.25, 0.3) is 31.3 Å². The Balaban J connectivity index is 0.000000519. The lowest BCUT2D eigenvalue weighted by molar-refractivity contribution is -0.239. The third-order valence-electron chi connectivity index (χ3n) is 11.7. The zero-order chi connectivity index (χ0) is 52.5. The number of nitrogens with one attached hydrogen (secondary N) is 3. The number of esters is 5. The molecule has 0 saturated carbocycles. The fourth-order valence-corrected chi connectivity index (χ4v) is 7.51. The van der Waals surface area contributed by atoms with Crippen LogP contribution in [-0.2, 0) is 76.3 Å². The average Bonchev–Trinajstić information content (AvgIpc) is 3.27. The molecule has 3 heterocycles. The highest BCUT2D eigenvalue weighted by molar-refractivity contribution is 5.79. The minimum absolute atomic E-state index is 0.0258. The Bertz CT molecular complexity index is 1830. The van der Waals surface area contributed by atoms with Gasteiger partial charge in [-0.25, -0.2) is 0 Å². The molecule has 3 aliphatic heterocycles. The van der Waals surface area contributed by atoms with Crippen LogP contribution in [0.5, 0.6) is 0 Å². The summed E-state index contributed by atoms with van der Waals surface area (Å²) >= 11 is 0. The molecule has 28 nitrogen and oxygen atoms in total. The fourth-order valence-electron chi connectivity index (χ4n) is 7.51. The van der Waals surface area contributed by atoms with Crippen LogP contribution in [0.15, 0.2) is 15.3 Å². The van der Waals surface area contributed by atoms with E-state index in [-0.39, 0.29) is 74.5 Å². The molecule has 9 unspecified atom stereocenters. The van der Waals surface area contributed by atoms with Gasteiger partial charge in [-0.2, -0.15) is 0 Å². The van der Waals surface area contributed by atoms with Gasteiger partial charge in [-0.15, -0.1) is 0 Å². The minimum Gasteiger partial charge on any atom is -0.463 e. The summed E-state index contributed by atoms with van der Waals surface area (Å²) in [7, 11) is 0. The van der Waals surface area contributed by atoms with E-state index in [0.29, 0.717) is 0 Å². The average molecular weight is 983 g/mol. The van der Waals surface area contributed by atoms with Crippen molar-refractivity contribution in [3.63, 3.8) is 0 Å². The van der Waals surface area contributed by atoms with Gasteiger partial charge in [0.1, 0.15) is 32.8 Å². The fraction of sp³-hybridized carbons (Fsp3) is 0.805. The first-order valence-electron chi connectivity index (χ1n) is 22.1.